The molecule has 2 rings (SSSR count). The minimum absolute atomic E-state index is 0.148. The minimum Gasteiger partial charge on any atom is -0.358 e. The maximum Gasteiger partial charge on any atom is 0.371 e. The number of nitro groups is 1. The Hall–Kier alpha value is -2.30. The molecule has 2 aromatic heterocycles. The molecule has 0 aliphatic rings. The Morgan fingerprint density at radius 3 is 2.67 bits per heavy atom. The zero-order valence-electron chi connectivity index (χ0n) is 7.70. The number of aromatic nitrogens is 2. The summed E-state index contributed by atoms with van der Waals surface area (Å²) in [6, 6.07) is 6.81. The maximum absolute atomic E-state index is 10.7. The smallest absolute Gasteiger partial charge is 0.358 e. The Bertz CT molecular complexity index is 485. The van der Waals surface area contributed by atoms with Gasteiger partial charge in [-0.1, -0.05) is 6.07 Å². The van der Waals surface area contributed by atoms with Gasteiger partial charge in [0.25, 0.3) is 0 Å². The van der Waals surface area contributed by atoms with E-state index in [-0.39, 0.29) is 5.82 Å². The van der Waals surface area contributed by atoms with Crippen LogP contribution in [-0.4, -0.2) is 14.9 Å². The van der Waals surface area contributed by atoms with Gasteiger partial charge in [0.05, 0.1) is 5.56 Å². The highest BCUT2D eigenvalue weighted by Crippen LogP contribution is 2.26. The van der Waals surface area contributed by atoms with E-state index < -0.39 is 4.92 Å². The van der Waals surface area contributed by atoms with Gasteiger partial charge in [-0.3, -0.25) is 4.98 Å². The van der Waals surface area contributed by atoms with E-state index >= 15 is 0 Å². The molecule has 0 saturated heterocycles. The van der Waals surface area contributed by atoms with Gasteiger partial charge in [0.1, 0.15) is 6.20 Å². The molecule has 0 aliphatic carbocycles. The van der Waals surface area contributed by atoms with Crippen molar-refractivity contribution in [3.63, 3.8) is 0 Å². The van der Waals surface area contributed by atoms with Crippen LogP contribution in [-0.2, 0) is 0 Å². The summed E-state index contributed by atoms with van der Waals surface area (Å²) < 4.78 is 0. The van der Waals surface area contributed by atoms with E-state index in [2.05, 4.69) is 9.97 Å². The van der Waals surface area contributed by atoms with Gasteiger partial charge in [0, 0.05) is 18.0 Å². The Labute approximate surface area is 85.6 Å². The second-order valence-electron chi connectivity index (χ2n) is 2.87. The Kier molecular flexibility index (Phi) is 2.37. The molecule has 0 spiro atoms. The molecule has 0 aromatic carbocycles. The average Bonchev–Trinajstić information content (AvgIpc) is 2.30. The summed E-state index contributed by atoms with van der Waals surface area (Å²) in [6.07, 6.45) is 4.59. The van der Waals surface area contributed by atoms with E-state index in [1.807, 2.05) is 0 Å². The number of rotatable bonds is 2. The van der Waals surface area contributed by atoms with E-state index in [4.69, 9.17) is 0 Å². The van der Waals surface area contributed by atoms with E-state index in [1.54, 1.807) is 36.7 Å². The van der Waals surface area contributed by atoms with Gasteiger partial charge in [-0.15, -0.1) is 0 Å². The standard InChI is InChI=1S/C10H7N3O2/c14-13(15)10-9(4-2-6-12-10)8-3-1-5-11-7-8/h1-7H. The Morgan fingerprint density at radius 2 is 2.00 bits per heavy atom. The SMILES string of the molecule is O=[N+]([O-])c1ncccc1-c1cccnc1. The Balaban J connectivity index is 2.58. The summed E-state index contributed by atoms with van der Waals surface area (Å²) in [7, 11) is 0. The molecular formula is C10H7N3O2. The van der Waals surface area contributed by atoms with Gasteiger partial charge in [0.2, 0.25) is 0 Å². The van der Waals surface area contributed by atoms with Gasteiger partial charge in [0.15, 0.2) is 0 Å². The first-order valence-corrected chi connectivity index (χ1v) is 4.29. The monoisotopic (exact) mass is 201 g/mol. The molecule has 2 heterocycles. The van der Waals surface area contributed by atoms with Crippen LogP contribution in [0.25, 0.3) is 11.1 Å². The molecule has 5 nitrogen and oxygen atoms in total. The fourth-order valence-electron chi connectivity index (χ4n) is 1.29. The van der Waals surface area contributed by atoms with Crippen molar-refractivity contribution >= 4 is 5.82 Å². The molecule has 0 amide bonds. The molecule has 0 unspecified atom stereocenters. The normalized spacial score (nSPS) is 9.87. The van der Waals surface area contributed by atoms with Crippen LogP contribution in [0, 0.1) is 10.1 Å². The van der Waals surface area contributed by atoms with Crippen molar-refractivity contribution in [1.29, 1.82) is 0 Å². The van der Waals surface area contributed by atoms with Gasteiger partial charge in [-0.05, 0) is 28.1 Å². The molecule has 0 aliphatic heterocycles. The zero-order valence-corrected chi connectivity index (χ0v) is 7.70. The third-order valence-corrected chi connectivity index (χ3v) is 1.93. The molecule has 0 N–H and O–H groups in total. The quantitative estimate of drug-likeness (QED) is 0.550. The lowest BCUT2D eigenvalue weighted by Crippen LogP contribution is -1.94. The van der Waals surface area contributed by atoms with Crippen molar-refractivity contribution in [3.05, 3.63) is 53.0 Å². The van der Waals surface area contributed by atoms with Crippen molar-refractivity contribution in [2.24, 2.45) is 0 Å². The van der Waals surface area contributed by atoms with Crippen molar-refractivity contribution in [2.75, 3.05) is 0 Å². The fraction of sp³-hybridized carbons (Fsp3) is 0. The lowest BCUT2D eigenvalue weighted by Gasteiger charge is -2.00. The molecule has 2 aromatic rings. The topological polar surface area (TPSA) is 68.9 Å². The summed E-state index contributed by atoms with van der Waals surface area (Å²) in [4.78, 5) is 17.9. The molecule has 0 bridgehead atoms. The first-order chi connectivity index (χ1) is 7.29. The van der Waals surface area contributed by atoms with Gasteiger partial charge >= 0.3 is 5.82 Å². The van der Waals surface area contributed by atoms with Crippen LogP contribution >= 0.6 is 0 Å². The highest BCUT2D eigenvalue weighted by atomic mass is 16.6. The van der Waals surface area contributed by atoms with Crippen LogP contribution in [0.2, 0.25) is 0 Å². The molecule has 15 heavy (non-hydrogen) atoms. The lowest BCUT2D eigenvalue weighted by molar-refractivity contribution is -0.388. The number of nitrogens with zero attached hydrogens (tertiary/aromatic N) is 3. The predicted octanol–water partition coefficient (Wildman–Crippen LogP) is 2.05. The maximum atomic E-state index is 10.7. The van der Waals surface area contributed by atoms with Gasteiger partial charge in [-0.25, -0.2) is 0 Å². The second-order valence-corrected chi connectivity index (χ2v) is 2.87. The van der Waals surface area contributed by atoms with Crippen molar-refractivity contribution < 1.29 is 4.92 Å². The highest BCUT2D eigenvalue weighted by molar-refractivity contribution is 5.69. The number of hydrogen-bond donors (Lipinski definition) is 0. The van der Waals surface area contributed by atoms with Gasteiger partial charge < -0.3 is 10.1 Å². The summed E-state index contributed by atoms with van der Waals surface area (Å²) >= 11 is 0. The number of pyridine rings is 2. The first kappa shape index (κ1) is 9.26. The third kappa shape index (κ3) is 1.80. The van der Waals surface area contributed by atoms with Crippen LogP contribution in [0.4, 0.5) is 5.82 Å². The molecule has 5 heteroatoms. The molecule has 0 radical (unpaired) electrons. The fourth-order valence-corrected chi connectivity index (χ4v) is 1.29. The van der Waals surface area contributed by atoms with E-state index in [9.17, 15) is 10.1 Å². The second kappa shape index (κ2) is 3.83. The first-order valence-electron chi connectivity index (χ1n) is 4.29. The van der Waals surface area contributed by atoms with Crippen LogP contribution in [0.5, 0.6) is 0 Å². The van der Waals surface area contributed by atoms with Crippen molar-refractivity contribution in [3.8, 4) is 11.1 Å². The predicted molar refractivity (Wildman–Crippen MR) is 54.1 cm³/mol. The molecule has 0 fully saturated rings. The molecule has 0 saturated carbocycles. The highest BCUT2D eigenvalue weighted by Gasteiger charge is 2.15. The van der Waals surface area contributed by atoms with E-state index in [0.717, 1.165) is 0 Å². The largest absolute Gasteiger partial charge is 0.371 e. The number of hydrogen-bond acceptors (Lipinski definition) is 4. The molecule has 0 atom stereocenters. The van der Waals surface area contributed by atoms with Crippen LogP contribution in [0.3, 0.4) is 0 Å². The minimum atomic E-state index is -0.498. The summed E-state index contributed by atoms with van der Waals surface area (Å²) in [5, 5.41) is 10.7. The van der Waals surface area contributed by atoms with Crippen molar-refractivity contribution in [2.45, 2.75) is 0 Å². The summed E-state index contributed by atoms with van der Waals surface area (Å²) in [6.45, 7) is 0. The van der Waals surface area contributed by atoms with Crippen LogP contribution in [0.15, 0.2) is 42.9 Å². The summed E-state index contributed by atoms with van der Waals surface area (Å²) in [5.74, 6) is -0.148. The van der Waals surface area contributed by atoms with Crippen LogP contribution < -0.4 is 0 Å². The lowest BCUT2D eigenvalue weighted by atomic mass is 10.1. The third-order valence-electron chi connectivity index (χ3n) is 1.93. The van der Waals surface area contributed by atoms with E-state index in [0.29, 0.717) is 11.1 Å². The van der Waals surface area contributed by atoms with Gasteiger partial charge in [-0.2, -0.15) is 0 Å². The average molecular weight is 201 g/mol. The summed E-state index contributed by atoms with van der Waals surface area (Å²) in [5.41, 5.74) is 1.17. The van der Waals surface area contributed by atoms with Crippen molar-refractivity contribution in [1.82, 2.24) is 9.97 Å². The van der Waals surface area contributed by atoms with E-state index in [1.165, 1.54) is 6.20 Å². The Morgan fingerprint density at radius 1 is 1.20 bits per heavy atom. The van der Waals surface area contributed by atoms with Crippen LogP contribution in [0.1, 0.15) is 0 Å². The molecular weight excluding hydrogens is 194 g/mol. The molecule has 74 valence electrons. The zero-order chi connectivity index (χ0) is 10.7.